The molecule has 136 valence electrons. The molecule has 1 fully saturated rings. The summed E-state index contributed by atoms with van der Waals surface area (Å²) >= 11 is 0. The van der Waals surface area contributed by atoms with Crippen molar-refractivity contribution in [1.29, 1.82) is 0 Å². The molecule has 0 spiro atoms. The van der Waals surface area contributed by atoms with Crippen LogP contribution in [0.25, 0.3) is 0 Å². The van der Waals surface area contributed by atoms with Crippen LogP contribution in [-0.2, 0) is 16.0 Å². The van der Waals surface area contributed by atoms with Gasteiger partial charge in [-0.3, -0.25) is 9.59 Å². The average molecular weight is 346 g/mol. The first-order valence-corrected chi connectivity index (χ1v) is 8.53. The molecule has 1 unspecified atom stereocenters. The van der Waals surface area contributed by atoms with Crippen molar-refractivity contribution in [2.45, 2.75) is 38.2 Å². The van der Waals surface area contributed by atoms with E-state index in [0.29, 0.717) is 31.7 Å². The Hall–Kier alpha value is -2.34. The third-order valence-electron chi connectivity index (χ3n) is 4.25. The molecular formula is C19H26N2O4. The molecule has 1 heterocycles. The Morgan fingerprint density at radius 1 is 1.44 bits per heavy atom. The molecule has 6 nitrogen and oxygen atoms in total. The zero-order valence-corrected chi connectivity index (χ0v) is 14.6. The van der Waals surface area contributed by atoms with Crippen LogP contribution in [0.5, 0.6) is 5.75 Å². The van der Waals surface area contributed by atoms with Crippen LogP contribution in [0.3, 0.4) is 0 Å². The van der Waals surface area contributed by atoms with E-state index in [1.165, 1.54) is 0 Å². The van der Waals surface area contributed by atoms with E-state index in [9.17, 15) is 14.7 Å². The zero-order valence-electron chi connectivity index (χ0n) is 14.6. The number of nitrogens with two attached hydrogens (primary N) is 1. The van der Waals surface area contributed by atoms with Gasteiger partial charge in [0.2, 0.25) is 11.8 Å². The largest absolute Gasteiger partial charge is 0.490 e. The number of β-amino-alcohol motifs (C(OH)–C–C–N with tert-alkyl or cyclic N) is 1. The topological polar surface area (TPSA) is 92.9 Å². The van der Waals surface area contributed by atoms with E-state index in [1.807, 2.05) is 43.3 Å². The number of hydrogen-bond donors (Lipinski definition) is 2. The number of amides is 2. The molecule has 0 aliphatic carbocycles. The van der Waals surface area contributed by atoms with Gasteiger partial charge < -0.3 is 20.5 Å². The summed E-state index contributed by atoms with van der Waals surface area (Å²) in [6.45, 7) is 3.14. The zero-order chi connectivity index (χ0) is 18.3. The number of ether oxygens (including phenoxy) is 1. The molecule has 25 heavy (non-hydrogen) atoms. The van der Waals surface area contributed by atoms with Crippen molar-refractivity contribution in [3.05, 3.63) is 42.0 Å². The molecule has 1 saturated heterocycles. The molecule has 0 saturated carbocycles. The summed E-state index contributed by atoms with van der Waals surface area (Å²) in [7, 11) is 0. The summed E-state index contributed by atoms with van der Waals surface area (Å²) in [4.78, 5) is 25.3. The van der Waals surface area contributed by atoms with Gasteiger partial charge in [0, 0.05) is 13.1 Å². The first-order valence-electron chi connectivity index (χ1n) is 8.53. The Labute approximate surface area is 148 Å². The number of aliphatic hydroxyl groups is 1. The summed E-state index contributed by atoms with van der Waals surface area (Å²) < 4.78 is 5.59. The average Bonchev–Trinajstić information content (AvgIpc) is 2.54. The highest BCUT2D eigenvalue weighted by atomic mass is 16.5. The van der Waals surface area contributed by atoms with Gasteiger partial charge in [0.1, 0.15) is 12.4 Å². The number of rotatable bonds is 7. The van der Waals surface area contributed by atoms with E-state index in [1.54, 1.807) is 4.90 Å². The minimum atomic E-state index is -1.21. The van der Waals surface area contributed by atoms with Crippen LogP contribution in [0, 0.1) is 0 Å². The van der Waals surface area contributed by atoms with Gasteiger partial charge in [-0.25, -0.2) is 0 Å². The predicted octanol–water partition coefficient (Wildman–Crippen LogP) is 1.41. The van der Waals surface area contributed by atoms with Crippen molar-refractivity contribution >= 4 is 11.8 Å². The van der Waals surface area contributed by atoms with Crippen molar-refractivity contribution in [2.24, 2.45) is 5.73 Å². The molecule has 2 rings (SSSR count). The van der Waals surface area contributed by atoms with Crippen LogP contribution in [0.1, 0.15) is 31.7 Å². The molecule has 2 amide bonds. The Morgan fingerprint density at radius 3 is 2.96 bits per heavy atom. The van der Waals surface area contributed by atoms with Gasteiger partial charge in [-0.2, -0.15) is 0 Å². The summed E-state index contributed by atoms with van der Waals surface area (Å²) in [6.07, 6.45) is 5.07. The molecule has 1 aromatic rings. The summed E-state index contributed by atoms with van der Waals surface area (Å²) in [6, 6.07) is 7.43. The number of piperidine rings is 1. The number of carbonyl (C=O) groups is 2. The Morgan fingerprint density at radius 2 is 2.24 bits per heavy atom. The second-order valence-electron chi connectivity index (χ2n) is 6.49. The second kappa shape index (κ2) is 8.67. The third-order valence-corrected chi connectivity index (χ3v) is 4.25. The standard InChI is InChI=1S/C19H26N2O4/c1-2-3-10-25-16-7-4-6-15(11-16)12-18(23)21-9-5-8-19(24,14-21)13-17(20)22/h2-4,6-7,11,24H,5,8-10,12-14H2,1H3,(H2,20,22)/b3-2+. The van der Waals surface area contributed by atoms with Gasteiger partial charge in [0.15, 0.2) is 0 Å². The maximum Gasteiger partial charge on any atom is 0.227 e. The monoisotopic (exact) mass is 346 g/mol. The lowest BCUT2D eigenvalue weighted by Gasteiger charge is -2.38. The van der Waals surface area contributed by atoms with Crippen molar-refractivity contribution < 1.29 is 19.4 Å². The van der Waals surface area contributed by atoms with E-state index in [2.05, 4.69) is 0 Å². The fourth-order valence-corrected chi connectivity index (χ4v) is 3.07. The summed E-state index contributed by atoms with van der Waals surface area (Å²) in [5, 5.41) is 10.5. The smallest absolute Gasteiger partial charge is 0.227 e. The van der Waals surface area contributed by atoms with Crippen molar-refractivity contribution in [2.75, 3.05) is 19.7 Å². The van der Waals surface area contributed by atoms with Crippen molar-refractivity contribution in [3.8, 4) is 5.75 Å². The highest BCUT2D eigenvalue weighted by Crippen LogP contribution is 2.25. The molecule has 0 aromatic heterocycles. The van der Waals surface area contributed by atoms with E-state index >= 15 is 0 Å². The van der Waals surface area contributed by atoms with Crippen LogP contribution >= 0.6 is 0 Å². The summed E-state index contributed by atoms with van der Waals surface area (Å²) in [5.74, 6) is 0.0863. The molecule has 1 aromatic carbocycles. The second-order valence-corrected chi connectivity index (χ2v) is 6.49. The molecule has 0 bridgehead atoms. The SMILES string of the molecule is C/C=C/COc1cccc(CC(=O)N2CCCC(O)(CC(N)=O)C2)c1. The first kappa shape index (κ1) is 19.0. The lowest BCUT2D eigenvalue weighted by Crippen LogP contribution is -2.52. The van der Waals surface area contributed by atoms with Crippen LogP contribution in [-0.4, -0.2) is 47.1 Å². The number of primary amides is 1. The highest BCUT2D eigenvalue weighted by molar-refractivity contribution is 5.79. The van der Waals surface area contributed by atoms with E-state index in [-0.39, 0.29) is 25.3 Å². The van der Waals surface area contributed by atoms with Gasteiger partial charge in [-0.15, -0.1) is 0 Å². The number of carbonyl (C=O) groups excluding carboxylic acids is 2. The van der Waals surface area contributed by atoms with E-state index in [0.717, 1.165) is 5.56 Å². The van der Waals surface area contributed by atoms with Crippen LogP contribution in [0.2, 0.25) is 0 Å². The number of allylic oxidation sites excluding steroid dienone is 1. The Balaban J connectivity index is 1.97. The maximum atomic E-state index is 12.6. The molecule has 1 aliphatic heterocycles. The summed E-state index contributed by atoms with van der Waals surface area (Å²) in [5.41, 5.74) is 4.84. The van der Waals surface area contributed by atoms with Crippen LogP contribution < -0.4 is 10.5 Å². The molecule has 0 radical (unpaired) electrons. The van der Waals surface area contributed by atoms with Gasteiger partial charge in [-0.1, -0.05) is 24.3 Å². The molecule has 1 atom stereocenters. The predicted molar refractivity (Wildman–Crippen MR) is 95.0 cm³/mol. The molecular weight excluding hydrogens is 320 g/mol. The number of hydrogen-bond acceptors (Lipinski definition) is 4. The third kappa shape index (κ3) is 5.90. The number of benzene rings is 1. The highest BCUT2D eigenvalue weighted by Gasteiger charge is 2.36. The van der Waals surface area contributed by atoms with Crippen molar-refractivity contribution in [3.63, 3.8) is 0 Å². The number of nitrogens with zero attached hydrogens (tertiary/aromatic N) is 1. The molecule has 3 N–H and O–H groups in total. The maximum absolute atomic E-state index is 12.6. The first-order chi connectivity index (χ1) is 11.9. The number of likely N-dealkylation sites (tertiary alicyclic amines) is 1. The Kier molecular flexibility index (Phi) is 6.58. The fourth-order valence-electron chi connectivity index (χ4n) is 3.07. The lowest BCUT2D eigenvalue weighted by atomic mass is 9.89. The van der Waals surface area contributed by atoms with Gasteiger partial charge in [0.25, 0.3) is 0 Å². The minimum absolute atomic E-state index is 0.0757. The normalized spacial score (nSPS) is 20.6. The molecule has 1 aliphatic rings. The fraction of sp³-hybridized carbons (Fsp3) is 0.474. The van der Waals surface area contributed by atoms with Crippen molar-refractivity contribution in [1.82, 2.24) is 4.90 Å². The van der Waals surface area contributed by atoms with Crippen LogP contribution in [0.15, 0.2) is 36.4 Å². The quantitative estimate of drug-likeness (QED) is 0.730. The Bertz CT molecular complexity index is 644. The van der Waals surface area contributed by atoms with Gasteiger partial charge >= 0.3 is 0 Å². The minimum Gasteiger partial charge on any atom is -0.490 e. The lowest BCUT2D eigenvalue weighted by molar-refractivity contribution is -0.141. The van der Waals surface area contributed by atoms with E-state index < -0.39 is 11.5 Å². The molecule has 6 heteroatoms. The van der Waals surface area contributed by atoms with Gasteiger partial charge in [-0.05, 0) is 37.5 Å². The van der Waals surface area contributed by atoms with Crippen LogP contribution in [0.4, 0.5) is 0 Å². The van der Waals surface area contributed by atoms with Gasteiger partial charge in [0.05, 0.1) is 18.4 Å². The van der Waals surface area contributed by atoms with E-state index in [4.69, 9.17) is 10.5 Å².